The number of piperazine rings is 1. The van der Waals surface area contributed by atoms with Crippen LogP contribution in [0.4, 0.5) is 14.5 Å². The molecule has 0 aliphatic carbocycles. The fraction of sp³-hybridized carbons (Fsp3) is 0.588. The number of rotatable bonds is 8. The summed E-state index contributed by atoms with van der Waals surface area (Å²) in [5.74, 6) is -2.75. The Kier molecular flexibility index (Phi) is 7.51. The molecular formula is C17H26F2N4O3S. The largest absolute Gasteiger partial charge is 0.354 e. The van der Waals surface area contributed by atoms with Crippen LogP contribution in [0.3, 0.4) is 0 Å². The Morgan fingerprint density at radius 1 is 1.19 bits per heavy atom. The normalized spacial score (nSPS) is 16.3. The molecular weight excluding hydrogens is 378 g/mol. The molecule has 1 aromatic carbocycles. The van der Waals surface area contributed by atoms with E-state index in [1.807, 2.05) is 0 Å². The average Bonchev–Trinajstić information content (AvgIpc) is 2.60. The second-order valence-corrected chi connectivity index (χ2v) is 8.62. The summed E-state index contributed by atoms with van der Waals surface area (Å²) in [6, 6.07) is 2.72. The van der Waals surface area contributed by atoms with Crippen molar-refractivity contribution in [1.82, 2.24) is 15.1 Å². The maximum atomic E-state index is 13.4. The summed E-state index contributed by atoms with van der Waals surface area (Å²) in [6.07, 6.45) is 1.66. The van der Waals surface area contributed by atoms with E-state index < -0.39 is 34.1 Å². The zero-order valence-electron chi connectivity index (χ0n) is 15.6. The molecule has 1 N–H and O–H groups in total. The maximum absolute atomic E-state index is 13.4. The number of nitrogens with one attached hydrogen (secondary N) is 1. The monoisotopic (exact) mass is 404 g/mol. The van der Waals surface area contributed by atoms with Crippen LogP contribution in [0.5, 0.6) is 0 Å². The van der Waals surface area contributed by atoms with Gasteiger partial charge in [-0.1, -0.05) is 0 Å². The maximum Gasteiger partial charge on any atom is 0.240 e. The fourth-order valence-electron chi connectivity index (χ4n) is 2.83. The lowest BCUT2D eigenvalue weighted by Gasteiger charge is -2.32. The van der Waals surface area contributed by atoms with Gasteiger partial charge in [0.15, 0.2) is 11.6 Å². The molecule has 10 heteroatoms. The van der Waals surface area contributed by atoms with Crippen LogP contribution in [0.15, 0.2) is 18.2 Å². The molecule has 0 unspecified atom stereocenters. The average molecular weight is 404 g/mol. The Morgan fingerprint density at radius 3 is 2.44 bits per heavy atom. The first-order valence-electron chi connectivity index (χ1n) is 8.77. The molecule has 0 aromatic heterocycles. The molecule has 0 bridgehead atoms. The number of sulfonamides is 1. The number of carbonyl (C=O) groups excluding carboxylic acids is 1. The number of anilines is 1. The lowest BCUT2D eigenvalue weighted by Crippen LogP contribution is -2.45. The third kappa shape index (κ3) is 6.71. The topological polar surface area (TPSA) is 73.0 Å². The van der Waals surface area contributed by atoms with Crippen molar-refractivity contribution in [2.75, 3.05) is 63.4 Å². The highest BCUT2D eigenvalue weighted by Crippen LogP contribution is 2.20. The summed E-state index contributed by atoms with van der Waals surface area (Å²) in [6.45, 7) is 4.80. The molecule has 1 saturated heterocycles. The molecule has 2 rings (SSSR count). The predicted octanol–water partition coefficient (Wildman–Crippen LogP) is 0.485. The summed E-state index contributed by atoms with van der Waals surface area (Å²) in [7, 11) is -1.74. The van der Waals surface area contributed by atoms with Crippen LogP contribution in [0.25, 0.3) is 0 Å². The number of likely N-dealkylation sites (N-methyl/N-ethyl adjacent to an activating group) is 1. The van der Waals surface area contributed by atoms with E-state index in [0.29, 0.717) is 6.54 Å². The molecule has 1 aliphatic heterocycles. The van der Waals surface area contributed by atoms with E-state index in [0.717, 1.165) is 67.9 Å². The zero-order valence-corrected chi connectivity index (χ0v) is 16.4. The van der Waals surface area contributed by atoms with Gasteiger partial charge in [-0.05, 0) is 32.1 Å². The zero-order chi connectivity index (χ0) is 20.0. The van der Waals surface area contributed by atoms with Crippen LogP contribution < -0.4 is 9.62 Å². The van der Waals surface area contributed by atoms with Crippen molar-refractivity contribution in [3.63, 3.8) is 0 Å². The summed E-state index contributed by atoms with van der Waals surface area (Å²) < 4.78 is 51.1. The van der Waals surface area contributed by atoms with Crippen molar-refractivity contribution in [2.45, 2.75) is 6.42 Å². The van der Waals surface area contributed by atoms with E-state index >= 15 is 0 Å². The van der Waals surface area contributed by atoms with Gasteiger partial charge in [-0.2, -0.15) is 0 Å². The highest BCUT2D eigenvalue weighted by molar-refractivity contribution is 7.92. The minimum absolute atomic E-state index is 0.0935. The molecule has 1 aromatic rings. The van der Waals surface area contributed by atoms with Crippen molar-refractivity contribution in [1.29, 1.82) is 0 Å². The molecule has 0 atom stereocenters. The number of amides is 1. The molecule has 152 valence electrons. The summed E-state index contributed by atoms with van der Waals surface area (Å²) in [5.41, 5.74) is -0.0935. The van der Waals surface area contributed by atoms with E-state index in [4.69, 9.17) is 0 Å². The minimum Gasteiger partial charge on any atom is -0.354 e. The van der Waals surface area contributed by atoms with E-state index in [-0.39, 0.29) is 5.69 Å². The number of hydrogen-bond donors (Lipinski definition) is 1. The van der Waals surface area contributed by atoms with Gasteiger partial charge in [-0.3, -0.25) is 9.10 Å². The number of hydrogen-bond acceptors (Lipinski definition) is 5. The van der Waals surface area contributed by atoms with E-state index in [1.54, 1.807) is 0 Å². The molecule has 0 radical (unpaired) electrons. The third-order valence-corrected chi connectivity index (χ3v) is 5.59. The molecule has 0 spiro atoms. The molecule has 0 saturated carbocycles. The lowest BCUT2D eigenvalue weighted by atomic mass is 10.3. The Bertz CT molecular complexity index is 753. The van der Waals surface area contributed by atoms with Gasteiger partial charge in [0.1, 0.15) is 6.54 Å². The number of carbonyl (C=O) groups is 1. The van der Waals surface area contributed by atoms with Crippen LogP contribution in [0.1, 0.15) is 6.42 Å². The molecule has 1 amide bonds. The quantitative estimate of drug-likeness (QED) is 0.639. The minimum atomic E-state index is -3.83. The first kappa shape index (κ1) is 21.5. The summed E-state index contributed by atoms with van der Waals surface area (Å²) >= 11 is 0. The Labute approximate surface area is 159 Å². The van der Waals surface area contributed by atoms with Gasteiger partial charge in [0, 0.05) is 38.8 Å². The second-order valence-electron chi connectivity index (χ2n) is 6.72. The van der Waals surface area contributed by atoms with Crippen molar-refractivity contribution >= 4 is 21.6 Å². The highest BCUT2D eigenvalue weighted by Gasteiger charge is 2.22. The molecule has 1 heterocycles. The van der Waals surface area contributed by atoms with Crippen LogP contribution in [0.2, 0.25) is 0 Å². The van der Waals surface area contributed by atoms with Gasteiger partial charge in [0.05, 0.1) is 11.9 Å². The SMILES string of the molecule is CN1CCN(CCCNC(=O)CN(c2ccc(F)c(F)c2)S(C)(=O)=O)CC1. The molecule has 7 nitrogen and oxygen atoms in total. The lowest BCUT2D eigenvalue weighted by molar-refractivity contribution is -0.119. The van der Waals surface area contributed by atoms with E-state index in [1.165, 1.54) is 0 Å². The van der Waals surface area contributed by atoms with Crippen LogP contribution in [0, 0.1) is 11.6 Å². The number of halogens is 2. The van der Waals surface area contributed by atoms with Gasteiger partial charge in [-0.25, -0.2) is 17.2 Å². The van der Waals surface area contributed by atoms with E-state index in [9.17, 15) is 22.0 Å². The Hall–Kier alpha value is -1.78. The first-order chi connectivity index (χ1) is 12.7. The second kappa shape index (κ2) is 9.43. The van der Waals surface area contributed by atoms with Gasteiger partial charge < -0.3 is 15.1 Å². The van der Waals surface area contributed by atoms with Crippen molar-refractivity contribution in [2.24, 2.45) is 0 Å². The molecule has 27 heavy (non-hydrogen) atoms. The van der Waals surface area contributed by atoms with Crippen molar-refractivity contribution < 1.29 is 22.0 Å². The van der Waals surface area contributed by atoms with Gasteiger partial charge in [-0.15, -0.1) is 0 Å². The van der Waals surface area contributed by atoms with Crippen LogP contribution >= 0.6 is 0 Å². The van der Waals surface area contributed by atoms with Crippen LogP contribution in [-0.2, 0) is 14.8 Å². The first-order valence-corrected chi connectivity index (χ1v) is 10.6. The fourth-order valence-corrected chi connectivity index (χ4v) is 3.68. The van der Waals surface area contributed by atoms with Gasteiger partial charge >= 0.3 is 0 Å². The van der Waals surface area contributed by atoms with Crippen LogP contribution in [-0.4, -0.2) is 83.2 Å². The standard InChI is InChI=1S/C17H26F2N4O3S/c1-21-8-10-22(11-9-21)7-3-6-20-17(24)13-23(27(2,25)26)14-4-5-15(18)16(19)12-14/h4-5,12H,3,6-11,13H2,1-2H3,(H,20,24). The van der Waals surface area contributed by atoms with E-state index in [2.05, 4.69) is 22.2 Å². The summed E-state index contributed by atoms with van der Waals surface area (Å²) in [4.78, 5) is 16.7. The predicted molar refractivity (Wildman–Crippen MR) is 100 cm³/mol. The van der Waals surface area contributed by atoms with Gasteiger partial charge in [0.25, 0.3) is 0 Å². The highest BCUT2D eigenvalue weighted by atomic mass is 32.2. The third-order valence-electron chi connectivity index (χ3n) is 4.45. The Balaban J connectivity index is 1.84. The molecule has 1 fully saturated rings. The Morgan fingerprint density at radius 2 is 1.85 bits per heavy atom. The summed E-state index contributed by atoms with van der Waals surface area (Å²) in [5, 5.41) is 2.68. The smallest absolute Gasteiger partial charge is 0.240 e. The number of benzene rings is 1. The number of nitrogens with zero attached hydrogens (tertiary/aromatic N) is 3. The van der Waals surface area contributed by atoms with Crippen molar-refractivity contribution in [3.8, 4) is 0 Å². The van der Waals surface area contributed by atoms with Gasteiger partial charge in [0.2, 0.25) is 15.9 Å². The van der Waals surface area contributed by atoms with Crippen molar-refractivity contribution in [3.05, 3.63) is 29.8 Å². The molecule has 1 aliphatic rings.